The third kappa shape index (κ3) is 4.67. The molecular formula is C19H24N6O3S2. The molecule has 0 aromatic carbocycles. The Labute approximate surface area is 179 Å². The largest absolute Gasteiger partial charge is 0.324 e. The first-order valence-electron chi connectivity index (χ1n) is 9.87. The second kappa shape index (κ2) is 8.38. The van der Waals surface area contributed by atoms with Crippen molar-refractivity contribution in [3.8, 4) is 11.4 Å². The van der Waals surface area contributed by atoms with E-state index >= 15 is 0 Å². The molecule has 30 heavy (non-hydrogen) atoms. The summed E-state index contributed by atoms with van der Waals surface area (Å²) in [6.07, 6.45) is 5.58. The van der Waals surface area contributed by atoms with E-state index in [-0.39, 0.29) is 10.9 Å². The molecule has 1 fully saturated rings. The van der Waals surface area contributed by atoms with Crippen LogP contribution in [0.5, 0.6) is 0 Å². The molecule has 3 aromatic rings. The maximum absolute atomic E-state index is 11.5. The van der Waals surface area contributed by atoms with Gasteiger partial charge in [0.2, 0.25) is 0 Å². The standard InChI is InChI=1S/C19H24N6O3S2/c1-12(2)17-22-19(28-23-17)25-8-6-13(7-9-25)10-15-21-18(24-29-15)14-4-5-16(20-11-14)30(3,26)27/h4-5,11-13H,6-10H2,1-3H3. The van der Waals surface area contributed by atoms with Gasteiger partial charge in [-0.25, -0.2) is 18.4 Å². The highest BCUT2D eigenvalue weighted by atomic mass is 32.2. The van der Waals surface area contributed by atoms with Crippen LogP contribution in [-0.4, -0.2) is 52.2 Å². The Balaban J connectivity index is 1.34. The van der Waals surface area contributed by atoms with E-state index in [2.05, 4.69) is 29.4 Å². The van der Waals surface area contributed by atoms with Crippen LogP contribution in [0.15, 0.2) is 27.9 Å². The van der Waals surface area contributed by atoms with Crippen molar-refractivity contribution < 1.29 is 12.9 Å². The Morgan fingerprint density at radius 3 is 2.60 bits per heavy atom. The molecule has 0 saturated carbocycles. The SMILES string of the molecule is CC(C)c1noc(N2CCC(Cc3nc(-c4ccc(S(C)(=O)=O)nc4)ns3)CC2)n1. The van der Waals surface area contributed by atoms with E-state index in [1.807, 2.05) is 13.8 Å². The zero-order valence-electron chi connectivity index (χ0n) is 17.1. The molecule has 0 unspecified atom stereocenters. The summed E-state index contributed by atoms with van der Waals surface area (Å²) in [6, 6.07) is 3.80. The number of rotatable bonds is 6. The third-order valence-corrected chi connectivity index (χ3v) is 6.87. The monoisotopic (exact) mass is 448 g/mol. The fourth-order valence-electron chi connectivity index (χ4n) is 3.35. The molecule has 0 radical (unpaired) electrons. The summed E-state index contributed by atoms with van der Waals surface area (Å²) in [5.41, 5.74) is 0.720. The van der Waals surface area contributed by atoms with Crippen molar-refractivity contribution in [3.63, 3.8) is 0 Å². The minimum absolute atomic E-state index is 0.0511. The summed E-state index contributed by atoms with van der Waals surface area (Å²) in [4.78, 5) is 15.3. The zero-order valence-corrected chi connectivity index (χ0v) is 18.8. The predicted molar refractivity (Wildman–Crippen MR) is 113 cm³/mol. The molecule has 0 atom stereocenters. The fourth-order valence-corrected chi connectivity index (χ4v) is 4.69. The maximum Gasteiger partial charge on any atom is 0.324 e. The molecule has 4 heterocycles. The minimum atomic E-state index is -3.31. The molecule has 0 N–H and O–H groups in total. The molecule has 160 valence electrons. The van der Waals surface area contributed by atoms with Gasteiger partial charge in [-0.05, 0) is 42.4 Å². The van der Waals surface area contributed by atoms with E-state index in [0.29, 0.717) is 17.8 Å². The van der Waals surface area contributed by atoms with Gasteiger partial charge in [-0.1, -0.05) is 19.0 Å². The topological polar surface area (TPSA) is 115 Å². The van der Waals surface area contributed by atoms with E-state index < -0.39 is 9.84 Å². The van der Waals surface area contributed by atoms with Gasteiger partial charge in [-0.2, -0.15) is 9.36 Å². The smallest absolute Gasteiger partial charge is 0.324 e. The van der Waals surface area contributed by atoms with Crippen molar-refractivity contribution in [1.82, 2.24) is 24.5 Å². The van der Waals surface area contributed by atoms with Crippen molar-refractivity contribution in [3.05, 3.63) is 29.2 Å². The number of nitrogens with zero attached hydrogens (tertiary/aromatic N) is 6. The molecule has 11 heteroatoms. The summed E-state index contributed by atoms with van der Waals surface area (Å²) in [5, 5.41) is 5.08. The second-order valence-electron chi connectivity index (χ2n) is 7.89. The van der Waals surface area contributed by atoms with Crippen LogP contribution in [0.25, 0.3) is 11.4 Å². The molecule has 4 rings (SSSR count). The van der Waals surface area contributed by atoms with Gasteiger partial charge in [0, 0.05) is 43.4 Å². The molecule has 9 nitrogen and oxygen atoms in total. The normalized spacial score (nSPS) is 15.8. The van der Waals surface area contributed by atoms with Crippen molar-refractivity contribution in [1.29, 1.82) is 0 Å². The van der Waals surface area contributed by atoms with E-state index in [9.17, 15) is 8.42 Å². The summed E-state index contributed by atoms with van der Waals surface area (Å²) >= 11 is 1.39. The molecule has 0 aliphatic carbocycles. The molecule has 0 bridgehead atoms. The molecule has 0 spiro atoms. The molecule has 3 aromatic heterocycles. The highest BCUT2D eigenvalue weighted by molar-refractivity contribution is 7.90. The average molecular weight is 449 g/mol. The van der Waals surface area contributed by atoms with Gasteiger partial charge in [0.15, 0.2) is 26.5 Å². The number of hydrogen-bond donors (Lipinski definition) is 0. The molecule has 1 aliphatic rings. The van der Waals surface area contributed by atoms with Crippen LogP contribution >= 0.6 is 11.5 Å². The minimum Gasteiger partial charge on any atom is -0.324 e. The van der Waals surface area contributed by atoms with Crippen LogP contribution in [0.3, 0.4) is 0 Å². The summed E-state index contributed by atoms with van der Waals surface area (Å²) in [5.74, 6) is 2.12. The third-order valence-electron chi connectivity index (χ3n) is 5.14. The van der Waals surface area contributed by atoms with Crippen LogP contribution in [0.1, 0.15) is 43.4 Å². The van der Waals surface area contributed by atoms with Crippen molar-refractivity contribution >= 4 is 27.4 Å². The van der Waals surface area contributed by atoms with Gasteiger partial charge in [0.25, 0.3) is 0 Å². The van der Waals surface area contributed by atoms with E-state index in [1.54, 1.807) is 6.07 Å². The number of aromatic nitrogens is 5. The van der Waals surface area contributed by atoms with Crippen molar-refractivity contribution in [2.24, 2.45) is 5.92 Å². The van der Waals surface area contributed by atoms with Gasteiger partial charge in [0.05, 0.1) is 0 Å². The molecule has 1 saturated heterocycles. The Morgan fingerprint density at radius 2 is 2.00 bits per heavy atom. The first-order chi connectivity index (χ1) is 14.3. The number of piperidine rings is 1. The van der Waals surface area contributed by atoms with Gasteiger partial charge in [0.1, 0.15) is 5.01 Å². The Hall–Kier alpha value is -2.40. The first kappa shape index (κ1) is 20.9. The second-order valence-corrected chi connectivity index (χ2v) is 10.7. The summed E-state index contributed by atoms with van der Waals surface area (Å²) in [6.45, 7) is 5.86. The number of anilines is 1. The summed E-state index contributed by atoms with van der Waals surface area (Å²) in [7, 11) is -3.31. The quantitative estimate of drug-likeness (QED) is 0.561. The Bertz CT molecular complexity index is 1100. The van der Waals surface area contributed by atoms with Gasteiger partial charge >= 0.3 is 6.01 Å². The Morgan fingerprint density at radius 1 is 1.23 bits per heavy atom. The first-order valence-corrected chi connectivity index (χ1v) is 12.5. The van der Waals surface area contributed by atoms with Gasteiger partial charge < -0.3 is 9.42 Å². The van der Waals surface area contributed by atoms with Crippen molar-refractivity contribution in [2.45, 2.75) is 44.1 Å². The average Bonchev–Trinajstić information content (AvgIpc) is 3.38. The highest BCUT2D eigenvalue weighted by Gasteiger charge is 2.25. The lowest BCUT2D eigenvalue weighted by molar-refractivity contribution is 0.359. The van der Waals surface area contributed by atoms with Crippen LogP contribution < -0.4 is 4.90 Å². The van der Waals surface area contributed by atoms with Gasteiger partial charge in [-0.15, -0.1) is 0 Å². The van der Waals surface area contributed by atoms with E-state index in [1.165, 1.54) is 23.8 Å². The van der Waals surface area contributed by atoms with Crippen LogP contribution in [0, 0.1) is 5.92 Å². The lowest BCUT2D eigenvalue weighted by Gasteiger charge is -2.29. The molecular weight excluding hydrogens is 424 g/mol. The molecule has 1 aliphatic heterocycles. The number of pyridine rings is 1. The number of hydrogen-bond acceptors (Lipinski definition) is 10. The number of sulfone groups is 1. The van der Waals surface area contributed by atoms with Crippen LogP contribution in [0.2, 0.25) is 0 Å². The highest BCUT2D eigenvalue weighted by Crippen LogP contribution is 2.27. The molecule has 0 amide bonds. The van der Waals surface area contributed by atoms with E-state index in [4.69, 9.17) is 4.52 Å². The van der Waals surface area contributed by atoms with Gasteiger partial charge in [-0.3, -0.25) is 0 Å². The predicted octanol–water partition coefficient (Wildman–Crippen LogP) is 2.97. The maximum atomic E-state index is 11.5. The van der Waals surface area contributed by atoms with Crippen LogP contribution in [-0.2, 0) is 16.3 Å². The lowest BCUT2D eigenvalue weighted by Crippen LogP contribution is -2.34. The summed E-state index contributed by atoms with van der Waals surface area (Å²) < 4.78 is 32.9. The lowest BCUT2D eigenvalue weighted by atomic mass is 9.94. The fraction of sp³-hybridized carbons (Fsp3) is 0.526. The van der Waals surface area contributed by atoms with Crippen molar-refractivity contribution in [2.75, 3.05) is 24.2 Å². The van der Waals surface area contributed by atoms with Crippen LogP contribution in [0.4, 0.5) is 6.01 Å². The van der Waals surface area contributed by atoms with E-state index in [0.717, 1.165) is 55.0 Å². The Kier molecular flexibility index (Phi) is 5.83. The zero-order chi connectivity index (χ0) is 21.3.